The normalized spacial score (nSPS) is 16.0. The molecule has 0 radical (unpaired) electrons. The Hall–Kier alpha value is -1.84. The Kier molecular flexibility index (Phi) is 6.63. The number of sulfone groups is 1. The lowest BCUT2D eigenvalue weighted by Crippen LogP contribution is -2.39. The van der Waals surface area contributed by atoms with Crippen LogP contribution in [-0.2, 0) is 14.6 Å². The van der Waals surface area contributed by atoms with E-state index in [4.69, 9.17) is 11.2 Å². The number of likely N-dealkylation sites (tertiary alicyclic amines) is 1. The van der Waals surface area contributed by atoms with Crippen LogP contribution in [0, 0.1) is 18.3 Å². The number of ether oxygens (including phenoxy) is 1. The van der Waals surface area contributed by atoms with Crippen LogP contribution in [0.25, 0.3) is 0 Å². The Morgan fingerprint density at radius 3 is 2.64 bits per heavy atom. The van der Waals surface area contributed by atoms with Crippen LogP contribution in [0.15, 0.2) is 29.2 Å². The molecule has 0 aromatic heterocycles. The van der Waals surface area contributed by atoms with Gasteiger partial charge in [0.05, 0.1) is 16.8 Å². The van der Waals surface area contributed by atoms with Crippen molar-refractivity contribution in [2.24, 2.45) is 5.92 Å². The maximum atomic E-state index is 12.7. The molecule has 0 saturated carbocycles. The molecule has 0 bridgehead atoms. The van der Waals surface area contributed by atoms with E-state index < -0.39 is 15.1 Å². The molecule has 1 amide bonds. The molecule has 0 atom stereocenters. The largest absolute Gasteiger partial charge is 0.369 e. The van der Waals surface area contributed by atoms with Crippen LogP contribution in [-0.4, -0.2) is 50.8 Å². The monoisotopic (exact) mass is 363 g/mol. The van der Waals surface area contributed by atoms with Gasteiger partial charge in [0, 0.05) is 18.7 Å². The summed E-state index contributed by atoms with van der Waals surface area (Å²) in [5.41, 5.74) is 0.420. The summed E-state index contributed by atoms with van der Waals surface area (Å²) < 4.78 is 30.0. The lowest BCUT2D eigenvalue weighted by molar-refractivity contribution is 0.0581. The summed E-state index contributed by atoms with van der Waals surface area (Å²) in [5, 5.41) is -0.517. The number of nitrogens with zero attached hydrogens (tertiary/aromatic N) is 1. The lowest BCUT2D eigenvalue weighted by Gasteiger charge is -2.32. The van der Waals surface area contributed by atoms with E-state index in [9.17, 15) is 13.2 Å². The molecule has 6 heteroatoms. The third-order valence-electron chi connectivity index (χ3n) is 4.47. The first-order chi connectivity index (χ1) is 11.9. The topological polar surface area (TPSA) is 63.7 Å². The third-order valence-corrected chi connectivity index (χ3v) is 6.62. The second kappa shape index (κ2) is 8.50. The number of piperidine rings is 1. The third kappa shape index (κ3) is 4.83. The quantitative estimate of drug-likeness (QED) is 0.575. The van der Waals surface area contributed by atoms with Gasteiger partial charge in [-0.3, -0.25) is 4.79 Å². The Morgan fingerprint density at radius 1 is 1.36 bits per heavy atom. The van der Waals surface area contributed by atoms with Gasteiger partial charge in [-0.1, -0.05) is 12.0 Å². The van der Waals surface area contributed by atoms with Crippen molar-refractivity contribution in [1.29, 1.82) is 0 Å². The Labute approximate surface area is 150 Å². The summed E-state index contributed by atoms with van der Waals surface area (Å²) in [6.07, 6.45) is 6.88. The summed E-state index contributed by atoms with van der Waals surface area (Å²) in [4.78, 5) is 14.7. The summed E-state index contributed by atoms with van der Waals surface area (Å²) in [7, 11) is -3.39. The minimum Gasteiger partial charge on any atom is -0.369 e. The van der Waals surface area contributed by atoms with Gasteiger partial charge < -0.3 is 9.64 Å². The van der Waals surface area contributed by atoms with Gasteiger partial charge in [0.2, 0.25) is 0 Å². The van der Waals surface area contributed by atoms with Crippen molar-refractivity contribution in [3.8, 4) is 12.3 Å². The van der Waals surface area contributed by atoms with Crippen molar-refractivity contribution in [2.45, 2.75) is 36.8 Å². The Balaban J connectivity index is 2.02. The first-order valence-electron chi connectivity index (χ1n) is 8.50. The molecule has 2 rings (SSSR count). The number of benzene rings is 1. The lowest BCUT2D eigenvalue weighted by atomic mass is 9.97. The van der Waals surface area contributed by atoms with Gasteiger partial charge in [0.15, 0.2) is 9.84 Å². The summed E-state index contributed by atoms with van der Waals surface area (Å²) >= 11 is 0. The van der Waals surface area contributed by atoms with Gasteiger partial charge in [0.25, 0.3) is 5.91 Å². The maximum Gasteiger partial charge on any atom is 0.253 e. The SMILES string of the molecule is C#CCOCC1CCN(C(=O)c2cccc(S(=O)(=O)C(C)C)c2)CC1. The fraction of sp³-hybridized carbons (Fsp3) is 0.526. The highest BCUT2D eigenvalue weighted by atomic mass is 32.2. The number of hydrogen-bond acceptors (Lipinski definition) is 4. The maximum absolute atomic E-state index is 12.7. The predicted molar refractivity (Wildman–Crippen MR) is 97.0 cm³/mol. The molecule has 0 unspecified atom stereocenters. The molecule has 1 saturated heterocycles. The van der Waals surface area contributed by atoms with Crippen molar-refractivity contribution in [3.63, 3.8) is 0 Å². The van der Waals surface area contributed by atoms with Gasteiger partial charge in [0.1, 0.15) is 6.61 Å². The minimum atomic E-state index is -3.39. The number of carbonyl (C=O) groups is 1. The second-order valence-corrected chi connectivity index (χ2v) is 9.08. The molecule has 5 nitrogen and oxygen atoms in total. The summed E-state index contributed by atoms with van der Waals surface area (Å²) in [5.74, 6) is 2.73. The zero-order valence-electron chi connectivity index (χ0n) is 14.8. The molecule has 1 aliphatic rings. The molecule has 1 heterocycles. The molecule has 25 heavy (non-hydrogen) atoms. The fourth-order valence-electron chi connectivity index (χ4n) is 2.85. The first kappa shape index (κ1) is 19.5. The van der Waals surface area contributed by atoms with Crippen LogP contribution in [0.4, 0.5) is 0 Å². The zero-order chi connectivity index (χ0) is 18.4. The van der Waals surface area contributed by atoms with Crippen molar-refractivity contribution < 1.29 is 17.9 Å². The van der Waals surface area contributed by atoms with Gasteiger partial charge in [-0.05, 0) is 50.8 Å². The second-order valence-electron chi connectivity index (χ2n) is 6.58. The number of rotatable bonds is 6. The van der Waals surface area contributed by atoms with Crippen molar-refractivity contribution in [1.82, 2.24) is 4.90 Å². The van der Waals surface area contributed by atoms with E-state index >= 15 is 0 Å². The molecular weight excluding hydrogens is 338 g/mol. The van der Waals surface area contributed by atoms with E-state index in [1.807, 2.05) is 0 Å². The Bertz CT molecular complexity index is 741. The van der Waals surface area contributed by atoms with E-state index in [1.165, 1.54) is 6.07 Å². The van der Waals surface area contributed by atoms with Gasteiger partial charge in [-0.2, -0.15) is 0 Å². The molecule has 0 aliphatic carbocycles. The van der Waals surface area contributed by atoms with Gasteiger partial charge in [-0.15, -0.1) is 6.42 Å². The number of terminal acetylenes is 1. The molecule has 0 spiro atoms. The molecule has 1 aromatic rings. The predicted octanol–water partition coefficient (Wildman–Crippen LogP) is 2.37. The highest BCUT2D eigenvalue weighted by Gasteiger charge is 2.25. The molecule has 0 N–H and O–H groups in total. The van der Waals surface area contributed by atoms with Gasteiger partial charge >= 0.3 is 0 Å². The van der Waals surface area contributed by atoms with Crippen molar-refractivity contribution in [3.05, 3.63) is 29.8 Å². The van der Waals surface area contributed by atoms with Crippen molar-refractivity contribution >= 4 is 15.7 Å². The van der Waals surface area contributed by atoms with Crippen molar-refractivity contribution in [2.75, 3.05) is 26.3 Å². The summed E-state index contributed by atoms with van der Waals surface area (Å²) in [6, 6.07) is 6.33. The van der Waals surface area contributed by atoms with Crippen LogP contribution in [0.1, 0.15) is 37.0 Å². The van der Waals surface area contributed by atoms with Gasteiger partial charge in [-0.25, -0.2) is 8.42 Å². The molecular formula is C19H25NO4S. The minimum absolute atomic E-state index is 0.121. The number of hydrogen-bond donors (Lipinski definition) is 0. The van der Waals surface area contributed by atoms with E-state index in [0.717, 1.165) is 12.8 Å². The number of amides is 1. The molecule has 1 aromatic carbocycles. The van der Waals surface area contributed by atoms with Crippen LogP contribution < -0.4 is 0 Å². The van der Waals surface area contributed by atoms with E-state index in [-0.39, 0.29) is 10.8 Å². The highest BCUT2D eigenvalue weighted by Crippen LogP contribution is 2.22. The van der Waals surface area contributed by atoms with Crippen LogP contribution in [0.3, 0.4) is 0 Å². The number of carbonyl (C=O) groups excluding carboxylic acids is 1. The van der Waals surface area contributed by atoms with E-state index in [0.29, 0.717) is 37.8 Å². The Morgan fingerprint density at radius 2 is 2.04 bits per heavy atom. The smallest absolute Gasteiger partial charge is 0.253 e. The first-order valence-corrected chi connectivity index (χ1v) is 10.1. The highest BCUT2D eigenvalue weighted by molar-refractivity contribution is 7.92. The van der Waals surface area contributed by atoms with E-state index in [2.05, 4.69) is 5.92 Å². The average Bonchev–Trinajstić information content (AvgIpc) is 2.62. The van der Waals surface area contributed by atoms with E-state index in [1.54, 1.807) is 36.9 Å². The zero-order valence-corrected chi connectivity index (χ0v) is 15.6. The van der Waals surface area contributed by atoms with Crippen LogP contribution in [0.2, 0.25) is 0 Å². The average molecular weight is 363 g/mol. The van der Waals surface area contributed by atoms with Crippen LogP contribution in [0.5, 0.6) is 0 Å². The fourth-order valence-corrected chi connectivity index (χ4v) is 3.95. The standard InChI is InChI=1S/C19H25NO4S/c1-4-12-24-14-16-8-10-20(11-9-16)19(21)17-6-5-7-18(13-17)25(22,23)15(2)3/h1,5-7,13,15-16H,8-12,14H2,2-3H3. The van der Waals surface area contributed by atoms with Crippen LogP contribution >= 0.6 is 0 Å². The molecule has 1 aliphatic heterocycles. The molecule has 1 fully saturated rings. The molecule has 136 valence electrons. The summed E-state index contributed by atoms with van der Waals surface area (Å²) in [6.45, 7) is 5.49.